The minimum absolute atomic E-state index is 0.442. The highest BCUT2D eigenvalue weighted by Crippen LogP contribution is 1.93. The normalized spacial score (nSPS) is 10.2. The average molecular weight is 143 g/mol. The monoisotopic (exact) mass is 143 g/mol. The standard InChI is InChI=1S/C5H9N3O2/c1-4-7-5(10-8-4)3-6-9-2/h6H,3H2,1-2H3. The van der Waals surface area contributed by atoms with E-state index in [0.717, 1.165) is 0 Å². The van der Waals surface area contributed by atoms with Crippen molar-refractivity contribution in [2.45, 2.75) is 13.5 Å². The van der Waals surface area contributed by atoms with Gasteiger partial charge in [0.05, 0.1) is 7.11 Å². The molecular weight excluding hydrogens is 134 g/mol. The van der Waals surface area contributed by atoms with Crippen LogP contribution in [0.2, 0.25) is 0 Å². The van der Waals surface area contributed by atoms with E-state index in [4.69, 9.17) is 4.52 Å². The van der Waals surface area contributed by atoms with Crippen molar-refractivity contribution in [3.63, 3.8) is 0 Å². The summed E-state index contributed by atoms with van der Waals surface area (Å²) in [6, 6.07) is 0. The first-order valence-corrected chi connectivity index (χ1v) is 2.88. The summed E-state index contributed by atoms with van der Waals surface area (Å²) in [5.41, 5.74) is 2.58. The lowest BCUT2D eigenvalue weighted by atomic mass is 10.6. The molecule has 0 spiro atoms. The SMILES string of the molecule is CONCc1nc(C)no1. The molecule has 0 aliphatic rings. The molecule has 0 aliphatic heterocycles. The van der Waals surface area contributed by atoms with Crippen molar-refractivity contribution in [3.8, 4) is 0 Å². The maximum absolute atomic E-state index is 4.76. The maximum atomic E-state index is 4.76. The van der Waals surface area contributed by atoms with E-state index >= 15 is 0 Å². The molecule has 56 valence electrons. The predicted molar refractivity (Wildman–Crippen MR) is 32.9 cm³/mol. The van der Waals surface area contributed by atoms with Crippen LogP contribution >= 0.6 is 0 Å². The molecule has 0 bridgehead atoms. The third kappa shape index (κ3) is 1.78. The Bertz CT molecular complexity index is 199. The molecule has 0 unspecified atom stereocenters. The van der Waals surface area contributed by atoms with E-state index in [9.17, 15) is 0 Å². The first-order valence-electron chi connectivity index (χ1n) is 2.88. The second kappa shape index (κ2) is 3.28. The Morgan fingerprint density at radius 3 is 3.00 bits per heavy atom. The number of hydrogen-bond donors (Lipinski definition) is 1. The fourth-order valence-electron chi connectivity index (χ4n) is 0.546. The largest absolute Gasteiger partial charge is 0.338 e. The molecule has 1 aromatic heterocycles. The van der Waals surface area contributed by atoms with E-state index in [1.54, 1.807) is 6.92 Å². The first-order chi connectivity index (χ1) is 4.83. The molecule has 1 rings (SSSR count). The van der Waals surface area contributed by atoms with E-state index in [0.29, 0.717) is 18.3 Å². The van der Waals surface area contributed by atoms with Crippen LogP contribution < -0.4 is 5.48 Å². The Labute approximate surface area is 58.3 Å². The molecule has 0 aliphatic carbocycles. The molecule has 1 N–H and O–H groups in total. The highest BCUT2D eigenvalue weighted by molar-refractivity contribution is 4.80. The first kappa shape index (κ1) is 7.17. The summed E-state index contributed by atoms with van der Waals surface area (Å²) in [6.45, 7) is 2.21. The lowest BCUT2D eigenvalue weighted by Crippen LogP contribution is -2.10. The van der Waals surface area contributed by atoms with Gasteiger partial charge in [0, 0.05) is 0 Å². The molecule has 5 heteroatoms. The third-order valence-corrected chi connectivity index (χ3v) is 0.937. The summed E-state index contributed by atoms with van der Waals surface area (Å²) in [6.07, 6.45) is 0. The van der Waals surface area contributed by atoms with Gasteiger partial charge >= 0.3 is 0 Å². The van der Waals surface area contributed by atoms with Crippen LogP contribution in [-0.4, -0.2) is 17.3 Å². The smallest absolute Gasteiger partial charge is 0.242 e. The van der Waals surface area contributed by atoms with Crippen molar-refractivity contribution in [3.05, 3.63) is 11.7 Å². The molecule has 0 aromatic carbocycles. The zero-order chi connectivity index (χ0) is 7.40. The number of hydroxylamine groups is 1. The van der Waals surface area contributed by atoms with Crippen molar-refractivity contribution in [2.24, 2.45) is 0 Å². The second-order valence-corrected chi connectivity index (χ2v) is 1.76. The predicted octanol–water partition coefficient (Wildman–Crippen LogP) is 0.0290. The molecule has 5 nitrogen and oxygen atoms in total. The van der Waals surface area contributed by atoms with Crippen molar-refractivity contribution in [1.29, 1.82) is 0 Å². The van der Waals surface area contributed by atoms with Gasteiger partial charge in [0.1, 0.15) is 6.54 Å². The Morgan fingerprint density at radius 2 is 2.50 bits per heavy atom. The topological polar surface area (TPSA) is 60.2 Å². The summed E-state index contributed by atoms with van der Waals surface area (Å²) in [5.74, 6) is 1.16. The van der Waals surface area contributed by atoms with Crippen LogP contribution in [0, 0.1) is 6.92 Å². The van der Waals surface area contributed by atoms with E-state index in [2.05, 4.69) is 20.5 Å². The van der Waals surface area contributed by atoms with Crippen molar-refractivity contribution < 1.29 is 9.36 Å². The Hall–Kier alpha value is -0.940. The third-order valence-electron chi connectivity index (χ3n) is 0.937. The Morgan fingerprint density at radius 1 is 1.70 bits per heavy atom. The summed E-state index contributed by atoms with van der Waals surface area (Å²) in [7, 11) is 1.53. The molecule has 0 atom stereocenters. The van der Waals surface area contributed by atoms with Crippen LogP contribution in [-0.2, 0) is 11.4 Å². The Kier molecular flexibility index (Phi) is 2.35. The summed E-state index contributed by atoms with van der Waals surface area (Å²) < 4.78 is 4.76. The maximum Gasteiger partial charge on any atom is 0.242 e. The number of nitrogens with zero attached hydrogens (tertiary/aromatic N) is 2. The second-order valence-electron chi connectivity index (χ2n) is 1.76. The highest BCUT2D eigenvalue weighted by atomic mass is 16.6. The van der Waals surface area contributed by atoms with Gasteiger partial charge in [-0.25, -0.2) is 0 Å². The van der Waals surface area contributed by atoms with Crippen molar-refractivity contribution >= 4 is 0 Å². The van der Waals surface area contributed by atoms with Gasteiger partial charge in [-0.3, -0.25) is 0 Å². The summed E-state index contributed by atoms with van der Waals surface area (Å²) in [5, 5.41) is 3.59. The van der Waals surface area contributed by atoms with E-state index in [1.165, 1.54) is 7.11 Å². The molecule has 1 heterocycles. The molecule has 0 saturated carbocycles. The van der Waals surface area contributed by atoms with Crippen LogP contribution in [0.1, 0.15) is 11.7 Å². The average Bonchev–Trinajstić information content (AvgIpc) is 2.31. The van der Waals surface area contributed by atoms with Gasteiger partial charge in [-0.1, -0.05) is 5.16 Å². The fourth-order valence-corrected chi connectivity index (χ4v) is 0.546. The van der Waals surface area contributed by atoms with E-state index in [1.807, 2.05) is 0 Å². The molecule has 0 saturated heterocycles. The quantitative estimate of drug-likeness (QED) is 0.605. The summed E-state index contributed by atoms with van der Waals surface area (Å²) >= 11 is 0. The van der Waals surface area contributed by atoms with Crippen LogP contribution in [0.4, 0.5) is 0 Å². The van der Waals surface area contributed by atoms with Gasteiger partial charge < -0.3 is 9.36 Å². The van der Waals surface area contributed by atoms with Gasteiger partial charge in [0.15, 0.2) is 5.82 Å². The molecule has 1 aromatic rings. The van der Waals surface area contributed by atoms with Gasteiger partial charge in [0.2, 0.25) is 5.89 Å². The highest BCUT2D eigenvalue weighted by Gasteiger charge is 1.99. The lowest BCUT2D eigenvalue weighted by Gasteiger charge is -1.92. The molecular formula is C5H9N3O2. The van der Waals surface area contributed by atoms with Gasteiger partial charge in [-0.15, -0.1) is 0 Å². The molecule has 0 radical (unpaired) electrons. The van der Waals surface area contributed by atoms with E-state index in [-0.39, 0.29) is 0 Å². The zero-order valence-electron chi connectivity index (χ0n) is 5.92. The minimum Gasteiger partial charge on any atom is -0.338 e. The number of hydrogen-bond acceptors (Lipinski definition) is 5. The van der Waals surface area contributed by atoms with E-state index < -0.39 is 0 Å². The van der Waals surface area contributed by atoms with Crippen molar-refractivity contribution in [2.75, 3.05) is 7.11 Å². The fraction of sp³-hybridized carbons (Fsp3) is 0.600. The Balaban J connectivity index is 2.42. The zero-order valence-corrected chi connectivity index (χ0v) is 5.92. The van der Waals surface area contributed by atoms with Gasteiger partial charge in [0.25, 0.3) is 0 Å². The van der Waals surface area contributed by atoms with Gasteiger partial charge in [-0.05, 0) is 6.92 Å². The molecule has 0 amide bonds. The number of nitrogens with one attached hydrogen (secondary N) is 1. The van der Waals surface area contributed by atoms with Crippen LogP contribution in [0.25, 0.3) is 0 Å². The van der Waals surface area contributed by atoms with Gasteiger partial charge in [-0.2, -0.15) is 10.5 Å². The lowest BCUT2D eigenvalue weighted by molar-refractivity contribution is 0.0789. The molecule has 0 fully saturated rings. The summed E-state index contributed by atoms with van der Waals surface area (Å²) in [4.78, 5) is 8.51. The van der Waals surface area contributed by atoms with Crippen LogP contribution in [0.15, 0.2) is 4.52 Å². The molecule has 10 heavy (non-hydrogen) atoms. The number of rotatable bonds is 3. The number of aryl methyl sites for hydroxylation is 1. The minimum atomic E-state index is 0.442. The number of aromatic nitrogens is 2. The van der Waals surface area contributed by atoms with Crippen molar-refractivity contribution in [1.82, 2.24) is 15.6 Å². The van der Waals surface area contributed by atoms with Crippen LogP contribution in [0.3, 0.4) is 0 Å². The van der Waals surface area contributed by atoms with Crippen LogP contribution in [0.5, 0.6) is 0 Å².